The van der Waals surface area contributed by atoms with Crippen LogP contribution in [0.25, 0.3) is 38.4 Å². The Labute approximate surface area is 204 Å². The predicted octanol–water partition coefficient (Wildman–Crippen LogP) is 5.39. The number of piperidine rings is 1. The number of primary amides is 1. The Morgan fingerprint density at radius 3 is 2.51 bits per heavy atom. The van der Waals surface area contributed by atoms with Crippen LogP contribution in [-0.2, 0) is 9.59 Å². The number of furan rings is 1. The number of amides is 2. The molecule has 0 saturated carbocycles. The highest BCUT2D eigenvalue weighted by Crippen LogP contribution is 2.38. The summed E-state index contributed by atoms with van der Waals surface area (Å²) in [5.41, 5.74) is 9.83. The third-order valence-corrected chi connectivity index (χ3v) is 6.93. The van der Waals surface area contributed by atoms with Crippen molar-refractivity contribution in [3.8, 4) is 16.9 Å². The summed E-state index contributed by atoms with van der Waals surface area (Å²) in [6.45, 7) is 2.97. The van der Waals surface area contributed by atoms with Crippen molar-refractivity contribution >= 4 is 39.1 Å². The van der Waals surface area contributed by atoms with E-state index in [2.05, 4.69) is 30.3 Å². The van der Waals surface area contributed by atoms with E-state index in [4.69, 9.17) is 14.9 Å². The van der Waals surface area contributed by atoms with Crippen LogP contribution in [0.4, 0.5) is 0 Å². The van der Waals surface area contributed by atoms with Crippen LogP contribution in [0.3, 0.4) is 0 Å². The molecule has 6 heteroatoms. The average molecular weight is 469 g/mol. The van der Waals surface area contributed by atoms with Crippen molar-refractivity contribution in [1.82, 2.24) is 4.90 Å². The van der Waals surface area contributed by atoms with E-state index in [1.54, 1.807) is 24.3 Å². The van der Waals surface area contributed by atoms with Gasteiger partial charge in [-0.25, -0.2) is 0 Å². The fraction of sp³-hybridized carbons (Fsp3) is 0.241. The summed E-state index contributed by atoms with van der Waals surface area (Å²) in [7, 11) is 1.61. The summed E-state index contributed by atoms with van der Waals surface area (Å²) in [6.07, 6.45) is 4.62. The molecule has 1 aliphatic heterocycles. The number of carbonyl (C=O) groups is 2. The van der Waals surface area contributed by atoms with Crippen LogP contribution in [0.15, 0.2) is 71.4 Å². The van der Waals surface area contributed by atoms with Crippen LogP contribution < -0.4 is 10.5 Å². The minimum Gasteiger partial charge on any atom is -0.496 e. The molecule has 5 rings (SSSR count). The quantitative estimate of drug-likeness (QED) is 0.398. The molecule has 2 heterocycles. The molecular weight excluding hydrogens is 440 g/mol. The van der Waals surface area contributed by atoms with E-state index in [-0.39, 0.29) is 17.7 Å². The van der Waals surface area contributed by atoms with Gasteiger partial charge in [-0.2, -0.15) is 0 Å². The van der Waals surface area contributed by atoms with Crippen molar-refractivity contribution in [3.63, 3.8) is 0 Å². The molecule has 0 atom stereocenters. The van der Waals surface area contributed by atoms with E-state index < -0.39 is 0 Å². The van der Waals surface area contributed by atoms with Gasteiger partial charge in [-0.15, -0.1) is 0 Å². The Morgan fingerprint density at radius 1 is 1.06 bits per heavy atom. The van der Waals surface area contributed by atoms with Crippen molar-refractivity contribution in [2.45, 2.75) is 19.8 Å². The van der Waals surface area contributed by atoms with E-state index in [1.807, 2.05) is 31.2 Å². The molecule has 0 bridgehead atoms. The van der Waals surface area contributed by atoms with Gasteiger partial charge in [-0.05, 0) is 53.8 Å². The molecule has 1 saturated heterocycles. The predicted molar refractivity (Wildman–Crippen MR) is 138 cm³/mol. The van der Waals surface area contributed by atoms with Crippen LogP contribution in [0, 0.1) is 5.92 Å². The molecule has 2 N–H and O–H groups in total. The summed E-state index contributed by atoms with van der Waals surface area (Å²) in [5.74, 6) is 0.130. The molecule has 4 aromatic rings. The highest BCUT2D eigenvalue weighted by molar-refractivity contribution is 6.01. The first-order valence-corrected chi connectivity index (χ1v) is 11.8. The summed E-state index contributed by atoms with van der Waals surface area (Å²) in [4.78, 5) is 26.2. The summed E-state index contributed by atoms with van der Waals surface area (Å²) in [5, 5.41) is 3.30. The number of methoxy groups -OCH3 is 1. The molecule has 0 aliphatic carbocycles. The van der Waals surface area contributed by atoms with Gasteiger partial charge < -0.3 is 19.8 Å². The molecule has 0 unspecified atom stereocenters. The lowest BCUT2D eigenvalue weighted by Gasteiger charge is -2.30. The second-order valence-electron chi connectivity index (χ2n) is 9.09. The molecule has 35 heavy (non-hydrogen) atoms. The summed E-state index contributed by atoms with van der Waals surface area (Å²) in [6, 6.07) is 18.5. The molecular formula is C29H28N2O4. The number of likely N-dealkylation sites (tertiary alicyclic amines) is 1. The average Bonchev–Trinajstić information content (AvgIpc) is 3.30. The highest BCUT2D eigenvalue weighted by atomic mass is 16.5. The molecule has 1 aliphatic rings. The highest BCUT2D eigenvalue weighted by Gasteiger charge is 2.25. The zero-order valence-corrected chi connectivity index (χ0v) is 19.9. The number of nitrogens with zero attached hydrogens (tertiary/aromatic N) is 1. The van der Waals surface area contributed by atoms with E-state index in [1.165, 1.54) is 5.39 Å². The monoisotopic (exact) mass is 468 g/mol. The number of hydrogen-bond donors (Lipinski definition) is 1. The van der Waals surface area contributed by atoms with Crippen LogP contribution in [0.2, 0.25) is 0 Å². The first kappa shape index (κ1) is 22.7. The van der Waals surface area contributed by atoms with Crippen molar-refractivity contribution in [2.24, 2.45) is 11.7 Å². The van der Waals surface area contributed by atoms with Gasteiger partial charge in [0, 0.05) is 47.7 Å². The summed E-state index contributed by atoms with van der Waals surface area (Å²) >= 11 is 0. The van der Waals surface area contributed by atoms with E-state index in [9.17, 15) is 9.59 Å². The largest absolute Gasteiger partial charge is 0.496 e. The molecule has 6 nitrogen and oxygen atoms in total. The molecule has 1 fully saturated rings. The standard InChI is InChI=1S/C29H28N2O4/c1-18(13-28(32)31-11-9-20(10-12-31)29(30)33)23-15-24-25(17-35-27(24)16-26(23)34-2)22-8-7-19-5-3-4-6-21(19)14-22/h3-8,13-17,20H,9-12H2,1-2H3,(H2,30,33)/b18-13+. The fourth-order valence-electron chi connectivity index (χ4n) is 4.85. The van der Waals surface area contributed by atoms with Gasteiger partial charge in [0.1, 0.15) is 11.3 Å². The SMILES string of the molecule is COc1cc2occ(-c3ccc4ccccc4c3)c2cc1/C(C)=C/C(=O)N1CCC(C(N)=O)CC1. The van der Waals surface area contributed by atoms with Gasteiger partial charge in [-0.3, -0.25) is 9.59 Å². The second-order valence-corrected chi connectivity index (χ2v) is 9.09. The Morgan fingerprint density at radius 2 is 1.80 bits per heavy atom. The fourth-order valence-corrected chi connectivity index (χ4v) is 4.85. The number of rotatable bonds is 5. The molecule has 1 aromatic heterocycles. The van der Waals surface area contributed by atoms with Gasteiger partial charge in [0.2, 0.25) is 11.8 Å². The number of nitrogens with two attached hydrogens (primary N) is 1. The minimum atomic E-state index is -0.288. The van der Waals surface area contributed by atoms with E-state index in [0.717, 1.165) is 38.6 Å². The van der Waals surface area contributed by atoms with Crippen molar-refractivity contribution in [2.75, 3.05) is 20.2 Å². The van der Waals surface area contributed by atoms with Crippen LogP contribution in [0.1, 0.15) is 25.3 Å². The molecule has 0 radical (unpaired) electrons. The first-order chi connectivity index (χ1) is 16.9. The Hall–Kier alpha value is -4.06. The maximum absolute atomic E-state index is 13.0. The Kier molecular flexibility index (Phi) is 6.03. The Balaban J connectivity index is 1.48. The molecule has 178 valence electrons. The van der Waals surface area contributed by atoms with Crippen LogP contribution >= 0.6 is 0 Å². The van der Waals surface area contributed by atoms with Gasteiger partial charge in [0.05, 0.1) is 13.4 Å². The zero-order valence-electron chi connectivity index (χ0n) is 19.9. The third kappa shape index (κ3) is 4.39. The summed E-state index contributed by atoms with van der Waals surface area (Å²) < 4.78 is 11.5. The normalized spacial score (nSPS) is 15.0. The van der Waals surface area contributed by atoms with E-state index in [0.29, 0.717) is 31.7 Å². The Bertz CT molecular complexity index is 1460. The number of fused-ring (bicyclic) bond motifs is 2. The van der Waals surface area contributed by atoms with Gasteiger partial charge in [-0.1, -0.05) is 36.4 Å². The van der Waals surface area contributed by atoms with Crippen molar-refractivity contribution in [1.29, 1.82) is 0 Å². The third-order valence-electron chi connectivity index (χ3n) is 6.93. The minimum absolute atomic E-state index is 0.0745. The molecule has 3 aromatic carbocycles. The molecule has 2 amide bonds. The topological polar surface area (TPSA) is 85.8 Å². The van der Waals surface area contributed by atoms with Crippen molar-refractivity contribution in [3.05, 3.63) is 72.5 Å². The lowest BCUT2D eigenvalue weighted by Crippen LogP contribution is -2.41. The lowest BCUT2D eigenvalue weighted by atomic mass is 9.95. The maximum atomic E-state index is 13.0. The lowest BCUT2D eigenvalue weighted by molar-refractivity contribution is -0.130. The van der Waals surface area contributed by atoms with Gasteiger partial charge >= 0.3 is 0 Å². The molecule has 0 spiro atoms. The van der Waals surface area contributed by atoms with E-state index >= 15 is 0 Å². The zero-order chi connectivity index (χ0) is 24.5. The first-order valence-electron chi connectivity index (χ1n) is 11.8. The van der Waals surface area contributed by atoms with Crippen LogP contribution in [-0.4, -0.2) is 36.9 Å². The maximum Gasteiger partial charge on any atom is 0.246 e. The van der Waals surface area contributed by atoms with Crippen molar-refractivity contribution < 1.29 is 18.7 Å². The second kappa shape index (κ2) is 9.29. The number of benzene rings is 3. The number of hydrogen-bond acceptors (Lipinski definition) is 4. The van der Waals surface area contributed by atoms with Gasteiger partial charge in [0.25, 0.3) is 0 Å². The van der Waals surface area contributed by atoms with Crippen LogP contribution in [0.5, 0.6) is 5.75 Å². The number of ether oxygens (including phenoxy) is 1. The smallest absolute Gasteiger partial charge is 0.246 e. The number of allylic oxidation sites excluding steroid dienone is 1. The number of carbonyl (C=O) groups excluding carboxylic acids is 2. The van der Waals surface area contributed by atoms with Gasteiger partial charge in [0.15, 0.2) is 0 Å².